The van der Waals surface area contributed by atoms with Gasteiger partial charge < -0.3 is 16.2 Å². The Bertz CT molecular complexity index is 847. The Morgan fingerprint density at radius 1 is 1.21 bits per heavy atom. The van der Waals surface area contributed by atoms with Crippen molar-refractivity contribution >= 4 is 48.3 Å². The van der Waals surface area contributed by atoms with E-state index in [4.69, 9.17) is 10.7 Å². The first kappa shape index (κ1) is 24.0. The number of pyridine rings is 1. The van der Waals surface area contributed by atoms with Gasteiger partial charge in [0.2, 0.25) is 0 Å². The van der Waals surface area contributed by atoms with Gasteiger partial charge in [-0.2, -0.15) is 12.6 Å². The second kappa shape index (κ2) is 10.1. The second-order valence-electron chi connectivity index (χ2n) is 7.36. The van der Waals surface area contributed by atoms with Crippen LogP contribution in [-0.2, 0) is 31.3 Å². The van der Waals surface area contributed by atoms with Crippen LogP contribution >= 0.6 is 36.6 Å². The van der Waals surface area contributed by atoms with Gasteiger partial charge in [-0.25, -0.2) is 9.18 Å². The number of fused-ring (bicyclic) bond motifs is 2. The van der Waals surface area contributed by atoms with Crippen molar-refractivity contribution in [1.82, 2.24) is 4.98 Å². The van der Waals surface area contributed by atoms with Crippen LogP contribution < -0.4 is 11.1 Å². The average molecular weight is 458 g/mol. The van der Waals surface area contributed by atoms with Crippen LogP contribution in [0.25, 0.3) is 0 Å². The van der Waals surface area contributed by atoms with Crippen molar-refractivity contribution in [3.8, 4) is 0 Å². The molecule has 2 amide bonds. The van der Waals surface area contributed by atoms with E-state index >= 15 is 0 Å². The lowest BCUT2D eigenvalue weighted by molar-refractivity contribution is 0.0748. The van der Waals surface area contributed by atoms with Crippen molar-refractivity contribution < 1.29 is 14.3 Å². The highest BCUT2D eigenvalue weighted by molar-refractivity contribution is 7.82. The number of carbonyl (C=O) groups is 1. The van der Waals surface area contributed by atoms with Crippen molar-refractivity contribution in [1.29, 1.82) is 0 Å². The highest BCUT2D eigenvalue weighted by atomic mass is 32.2. The molecule has 0 spiro atoms. The van der Waals surface area contributed by atoms with Crippen molar-refractivity contribution in [2.75, 3.05) is 11.6 Å². The van der Waals surface area contributed by atoms with Gasteiger partial charge in [0.15, 0.2) is 5.82 Å². The summed E-state index contributed by atoms with van der Waals surface area (Å²) in [5.74, 6) is -0.411. The van der Waals surface area contributed by atoms with Gasteiger partial charge in [0.05, 0.1) is 15.5 Å². The summed E-state index contributed by atoms with van der Waals surface area (Å²) < 4.78 is 13.4. The number of amides is 2. The molecule has 29 heavy (non-hydrogen) atoms. The topological polar surface area (TPSA) is 88.2 Å². The van der Waals surface area contributed by atoms with Crippen LogP contribution in [0, 0.1) is 5.82 Å². The number of nitrogens with one attached hydrogen (secondary N) is 1. The molecular weight excluding hydrogens is 429 g/mol. The van der Waals surface area contributed by atoms with Crippen LogP contribution in [0.15, 0.2) is 9.59 Å². The molecule has 0 saturated heterocycles. The molecule has 2 aromatic rings. The third-order valence-electron chi connectivity index (χ3n) is 4.87. The van der Waals surface area contributed by atoms with Gasteiger partial charge in [0.1, 0.15) is 0 Å². The lowest BCUT2D eigenvalue weighted by Gasteiger charge is -2.15. The number of primary amides is 1. The van der Waals surface area contributed by atoms with Crippen LogP contribution in [0.3, 0.4) is 0 Å². The number of thiophene rings is 1. The Morgan fingerprint density at radius 2 is 1.72 bits per heavy atom. The molecule has 0 radical (unpaired) electrons. The number of nitrogens with zero attached hydrogens (tertiary/aromatic N) is 1. The predicted molar refractivity (Wildman–Crippen MR) is 123 cm³/mol. The highest BCUT2D eigenvalue weighted by Gasteiger charge is 2.26. The Hall–Kier alpha value is -1.29. The molecule has 2 aliphatic carbocycles. The first-order valence-corrected chi connectivity index (χ1v) is 11.6. The molecule has 0 saturated carbocycles. The Kier molecular flexibility index (Phi) is 8.39. The number of aryl methyl sites for hydroxylation is 2. The molecule has 4 rings (SSSR count). The van der Waals surface area contributed by atoms with Gasteiger partial charge in [-0.15, -0.1) is 24.0 Å². The molecule has 0 bridgehead atoms. The smallest absolute Gasteiger partial charge is 0.316 e. The van der Waals surface area contributed by atoms with Crippen LogP contribution in [0.1, 0.15) is 54.8 Å². The van der Waals surface area contributed by atoms with Gasteiger partial charge in [-0.3, -0.25) is 4.98 Å². The van der Waals surface area contributed by atoms with Crippen molar-refractivity contribution in [2.45, 2.75) is 62.2 Å². The number of urea groups is 1. The lowest BCUT2D eigenvalue weighted by Crippen LogP contribution is -2.21. The van der Waals surface area contributed by atoms with Gasteiger partial charge >= 0.3 is 6.03 Å². The van der Waals surface area contributed by atoms with Gasteiger partial charge in [-0.1, -0.05) is 0 Å². The minimum Gasteiger partial charge on any atom is -0.386 e. The van der Waals surface area contributed by atoms with E-state index in [2.05, 4.69) is 30.6 Å². The van der Waals surface area contributed by atoms with Crippen molar-refractivity contribution in [2.24, 2.45) is 5.73 Å². The summed E-state index contributed by atoms with van der Waals surface area (Å²) >= 11 is 8.60. The Morgan fingerprint density at radius 3 is 2.07 bits per heavy atom. The van der Waals surface area contributed by atoms with E-state index in [1.807, 2.05) is 0 Å². The lowest BCUT2D eigenvalue weighted by atomic mass is 10.0. The zero-order valence-corrected chi connectivity index (χ0v) is 19.5. The number of anilines is 1. The largest absolute Gasteiger partial charge is 0.386 e. The van der Waals surface area contributed by atoms with E-state index < -0.39 is 17.4 Å². The third-order valence-corrected chi connectivity index (χ3v) is 6.14. The van der Waals surface area contributed by atoms with Crippen molar-refractivity contribution in [3.05, 3.63) is 39.3 Å². The Balaban J connectivity index is 0.000000203. The average Bonchev–Trinajstić information content (AvgIpc) is 3.37. The molecular formula is C20H28FN3O2S3. The molecule has 0 aromatic carbocycles. The summed E-state index contributed by atoms with van der Waals surface area (Å²) in [6, 6.07) is -0.464. The van der Waals surface area contributed by atoms with E-state index in [0.29, 0.717) is 9.77 Å². The molecule has 2 heterocycles. The Labute approximate surface area is 186 Å². The number of halogens is 1. The van der Waals surface area contributed by atoms with E-state index in [-0.39, 0.29) is 0 Å². The summed E-state index contributed by atoms with van der Waals surface area (Å²) in [5, 5.41) is 13.8. The van der Waals surface area contributed by atoms with Gasteiger partial charge in [0, 0.05) is 22.3 Å². The summed E-state index contributed by atoms with van der Waals surface area (Å²) in [6.07, 6.45) is 8.08. The maximum Gasteiger partial charge on any atom is 0.316 e. The monoisotopic (exact) mass is 457 g/mol. The SMILES string of the molecule is CC(C)(O)c1csc(S)c1F.CS.NC(=O)Nc1c2c(nc3c1CCC3)CCC2. The molecule has 160 valence electrons. The fourth-order valence-corrected chi connectivity index (χ4v) is 4.72. The number of aromatic nitrogens is 1. The van der Waals surface area contributed by atoms with E-state index in [0.717, 1.165) is 44.2 Å². The maximum absolute atomic E-state index is 13.0. The zero-order valence-electron chi connectivity index (χ0n) is 16.9. The first-order chi connectivity index (χ1) is 13.7. The van der Waals surface area contributed by atoms with Crippen LogP contribution in [-0.4, -0.2) is 22.4 Å². The molecule has 2 aromatic heterocycles. The fourth-order valence-electron chi connectivity index (χ4n) is 3.61. The van der Waals surface area contributed by atoms with Crippen LogP contribution in [0.2, 0.25) is 0 Å². The number of thiol groups is 2. The van der Waals surface area contributed by atoms with Gasteiger partial charge in [0.25, 0.3) is 0 Å². The molecule has 0 aliphatic heterocycles. The first-order valence-electron chi connectivity index (χ1n) is 9.42. The molecule has 2 aliphatic rings. The molecule has 0 unspecified atom stereocenters. The number of aliphatic hydroxyl groups is 1. The quantitative estimate of drug-likeness (QED) is 0.430. The normalized spacial score (nSPS) is 14.2. The summed E-state index contributed by atoms with van der Waals surface area (Å²) in [6.45, 7) is 3.09. The number of hydrogen-bond donors (Lipinski definition) is 5. The fraction of sp³-hybridized carbons (Fsp3) is 0.500. The molecule has 5 nitrogen and oxygen atoms in total. The predicted octanol–water partition coefficient (Wildman–Crippen LogP) is 4.50. The van der Waals surface area contributed by atoms with Gasteiger partial charge in [-0.05, 0) is 69.8 Å². The molecule has 0 atom stereocenters. The summed E-state index contributed by atoms with van der Waals surface area (Å²) in [7, 11) is 0. The summed E-state index contributed by atoms with van der Waals surface area (Å²) in [5.41, 5.74) is 10.2. The molecule has 9 heteroatoms. The molecule has 0 fully saturated rings. The second-order valence-corrected chi connectivity index (χ2v) is 8.99. The number of hydrogen-bond acceptors (Lipinski definition) is 6. The van der Waals surface area contributed by atoms with Crippen molar-refractivity contribution in [3.63, 3.8) is 0 Å². The maximum atomic E-state index is 13.0. The van der Waals surface area contributed by atoms with Crippen LogP contribution in [0.4, 0.5) is 14.9 Å². The summed E-state index contributed by atoms with van der Waals surface area (Å²) in [4.78, 5) is 15.8. The van der Waals surface area contributed by atoms with E-state index in [1.165, 1.54) is 33.9 Å². The minimum absolute atomic E-state index is 0.313. The molecule has 4 N–H and O–H groups in total. The van der Waals surface area contributed by atoms with Crippen LogP contribution in [0.5, 0.6) is 0 Å². The van der Waals surface area contributed by atoms with E-state index in [1.54, 1.807) is 25.5 Å². The minimum atomic E-state index is -1.11. The number of nitrogens with two attached hydrogens (primary N) is 1. The van der Waals surface area contributed by atoms with E-state index in [9.17, 15) is 14.3 Å². The highest BCUT2D eigenvalue weighted by Crippen LogP contribution is 2.36. The standard InChI is InChI=1S/C12H15N3O.C7H9FOS2.CH4S/c13-12(16)15-11-7-3-1-5-9(7)14-10-6-2-4-8(10)11;1-7(2,9)4-3-11-6(10)5(4)8;1-2/h1-6H2,(H3,13,14,15,16);3,9-10H,1-2H3;2H,1H3. The number of rotatable bonds is 2. The zero-order chi connectivity index (χ0) is 21.8. The number of carbonyl (C=O) groups excluding carboxylic acids is 1. The third kappa shape index (κ3) is 5.65.